The molecule has 0 fully saturated rings. The fraction of sp³-hybridized carbons (Fsp3) is 0.200. The van der Waals surface area contributed by atoms with Gasteiger partial charge in [-0.25, -0.2) is 0 Å². The summed E-state index contributed by atoms with van der Waals surface area (Å²) >= 11 is 0. The summed E-state index contributed by atoms with van der Waals surface area (Å²) < 4.78 is 0. The lowest BCUT2D eigenvalue weighted by atomic mass is 10.1. The lowest BCUT2D eigenvalue weighted by Crippen LogP contribution is -2.04. The van der Waals surface area contributed by atoms with E-state index in [9.17, 15) is 0 Å². The van der Waals surface area contributed by atoms with Crippen LogP contribution in [0.1, 0.15) is 6.92 Å². The lowest BCUT2D eigenvalue weighted by molar-refractivity contribution is 0.974. The van der Waals surface area contributed by atoms with Crippen molar-refractivity contribution >= 4 is 0 Å². The van der Waals surface area contributed by atoms with Crippen LogP contribution in [0.3, 0.4) is 0 Å². The number of allylic oxidation sites excluding steroid dienone is 5. The lowest BCUT2D eigenvalue weighted by Gasteiger charge is -1.99. The molecule has 0 aliphatic carbocycles. The van der Waals surface area contributed by atoms with Crippen LogP contribution in [0, 0.1) is 0 Å². The Kier molecular flexibility index (Phi) is 2.73. The van der Waals surface area contributed by atoms with Crippen LogP contribution in [0.25, 0.3) is 0 Å². The quantitative estimate of drug-likeness (QED) is 0.553. The summed E-state index contributed by atoms with van der Waals surface area (Å²) in [7, 11) is 0. The number of hydrogen-bond donors (Lipinski definition) is 1. The molecule has 1 aliphatic rings. The third kappa shape index (κ3) is 2.46. The first kappa shape index (κ1) is 7.86. The largest absolute Gasteiger partial charge is 0.387 e. The zero-order chi connectivity index (χ0) is 8.10. The van der Waals surface area contributed by atoms with Crippen molar-refractivity contribution in [2.24, 2.45) is 0 Å². The van der Waals surface area contributed by atoms with Crippen LogP contribution in [0.5, 0.6) is 0 Å². The van der Waals surface area contributed by atoms with Gasteiger partial charge in [-0.3, -0.25) is 0 Å². The molecule has 1 nitrogen and oxygen atoms in total. The molecule has 0 bridgehead atoms. The van der Waals surface area contributed by atoms with Gasteiger partial charge in [0.15, 0.2) is 0 Å². The van der Waals surface area contributed by atoms with Crippen LogP contribution >= 0.6 is 0 Å². The van der Waals surface area contributed by atoms with E-state index < -0.39 is 0 Å². The molecular weight excluding hydrogens is 134 g/mol. The fourth-order valence-corrected chi connectivity index (χ4v) is 0.823. The first-order valence-electron chi connectivity index (χ1n) is 3.73. The van der Waals surface area contributed by atoms with Crippen molar-refractivity contribution in [3.05, 3.63) is 48.2 Å². The minimum atomic E-state index is 0.884. The van der Waals surface area contributed by atoms with E-state index in [1.54, 1.807) is 0 Å². The van der Waals surface area contributed by atoms with Crippen LogP contribution in [-0.2, 0) is 0 Å². The maximum Gasteiger partial charge on any atom is 0.0328 e. The highest BCUT2D eigenvalue weighted by atomic mass is 14.8. The summed E-state index contributed by atoms with van der Waals surface area (Å²) in [6, 6.07) is 0. The molecule has 0 unspecified atom stereocenters. The summed E-state index contributed by atoms with van der Waals surface area (Å²) in [5.74, 6) is 0. The van der Waals surface area contributed by atoms with Gasteiger partial charge in [-0.15, -0.1) is 0 Å². The summed E-state index contributed by atoms with van der Waals surface area (Å²) in [6.07, 6.45) is 10.1. The standard InChI is InChI=1S/C10H13N/c1-9-6-4-3-5-7-11-8-10(9)2/h3-6,8,11H,1,7H2,2H3/b5-3-,6-4-,10-8-. The molecule has 1 aliphatic heterocycles. The molecule has 0 saturated heterocycles. The molecule has 0 amide bonds. The van der Waals surface area contributed by atoms with Crippen molar-refractivity contribution in [2.75, 3.05) is 6.54 Å². The molecule has 0 aromatic carbocycles. The van der Waals surface area contributed by atoms with Crippen molar-refractivity contribution in [3.8, 4) is 0 Å². The van der Waals surface area contributed by atoms with Gasteiger partial charge in [-0.1, -0.05) is 30.9 Å². The first-order valence-corrected chi connectivity index (χ1v) is 3.73. The monoisotopic (exact) mass is 147 g/mol. The summed E-state index contributed by atoms with van der Waals surface area (Å²) in [6.45, 7) is 6.84. The zero-order valence-corrected chi connectivity index (χ0v) is 6.80. The minimum absolute atomic E-state index is 0.884. The molecule has 1 N–H and O–H groups in total. The third-order valence-corrected chi connectivity index (χ3v) is 1.61. The second-order valence-electron chi connectivity index (χ2n) is 2.55. The van der Waals surface area contributed by atoms with E-state index in [2.05, 4.69) is 18.0 Å². The van der Waals surface area contributed by atoms with Crippen molar-refractivity contribution in [3.63, 3.8) is 0 Å². The molecule has 0 aromatic heterocycles. The molecular formula is C10H13N. The van der Waals surface area contributed by atoms with E-state index in [1.165, 1.54) is 5.57 Å². The van der Waals surface area contributed by atoms with Gasteiger partial charge in [0, 0.05) is 12.7 Å². The second kappa shape index (κ2) is 3.81. The van der Waals surface area contributed by atoms with Crippen LogP contribution in [0.2, 0.25) is 0 Å². The molecule has 0 radical (unpaired) electrons. The van der Waals surface area contributed by atoms with E-state index in [0.29, 0.717) is 0 Å². The second-order valence-corrected chi connectivity index (χ2v) is 2.55. The van der Waals surface area contributed by atoms with Gasteiger partial charge in [0.1, 0.15) is 0 Å². The van der Waals surface area contributed by atoms with Crippen molar-refractivity contribution in [1.29, 1.82) is 0 Å². The Hall–Kier alpha value is -1.24. The van der Waals surface area contributed by atoms with Gasteiger partial charge in [0.2, 0.25) is 0 Å². The highest BCUT2D eigenvalue weighted by molar-refractivity contribution is 5.37. The minimum Gasteiger partial charge on any atom is -0.387 e. The average molecular weight is 147 g/mol. The van der Waals surface area contributed by atoms with Gasteiger partial charge in [-0.2, -0.15) is 0 Å². The Balaban J connectivity index is 2.77. The van der Waals surface area contributed by atoms with E-state index in [0.717, 1.165) is 12.1 Å². The molecule has 58 valence electrons. The Bertz CT molecular complexity index is 231. The van der Waals surface area contributed by atoms with E-state index in [1.807, 2.05) is 31.4 Å². The SMILES string of the molecule is C=C1/C=C\C=C/CN/C=C\1C. The molecule has 0 atom stereocenters. The van der Waals surface area contributed by atoms with E-state index >= 15 is 0 Å². The first-order chi connectivity index (χ1) is 5.30. The van der Waals surface area contributed by atoms with Crippen LogP contribution < -0.4 is 5.32 Å². The molecule has 11 heavy (non-hydrogen) atoms. The topological polar surface area (TPSA) is 12.0 Å². The summed E-state index contributed by atoms with van der Waals surface area (Å²) in [4.78, 5) is 0. The molecule has 0 saturated carbocycles. The fourth-order valence-electron chi connectivity index (χ4n) is 0.823. The Morgan fingerprint density at radius 1 is 1.45 bits per heavy atom. The normalized spacial score (nSPS) is 28.5. The molecule has 0 spiro atoms. The van der Waals surface area contributed by atoms with E-state index in [-0.39, 0.29) is 0 Å². The summed E-state index contributed by atoms with van der Waals surface area (Å²) in [5.41, 5.74) is 2.24. The molecule has 1 rings (SSSR count). The van der Waals surface area contributed by atoms with E-state index in [4.69, 9.17) is 0 Å². The highest BCUT2D eigenvalue weighted by Gasteiger charge is 1.91. The van der Waals surface area contributed by atoms with Gasteiger partial charge in [0.25, 0.3) is 0 Å². The van der Waals surface area contributed by atoms with Crippen LogP contribution in [-0.4, -0.2) is 6.54 Å². The van der Waals surface area contributed by atoms with Gasteiger partial charge in [0.05, 0.1) is 0 Å². The maximum absolute atomic E-state index is 3.91. The highest BCUT2D eigenvalue weighted by Crippen LogP contribution is 2.07. The Labute approximate surface area is 67.8 Å². The predicted molar refractivity (Wildman–Crippen MR) is 49.2 cm³/mol. The smallest absolute Gasteiger partial charge is 0.0328 e. The van der Waals surface area contributed by atoms with Gasteiger partial charge < -0.3 is 5.32 Å². The number of hydrogen-bond acceptors (Lipinski definition) is 1. The Morgan fingerprint density at radius 3 is 3.09 bits per heavy atom. The van der Waals surface area contributed by atoms with Crippen molar-refractivity contribution in [2.45, 2.75) is 6.92 Å². The van der Waals surface area contributed by atoms with Crippen LogP contribution in [0.15, 0.2) is 48.2 Å². The molecule has 1 heteroatoms. The molecule has 1 heterocycles. The average Bonchev–Trinajstić information content (AvgIpc) is 2.07. The van der Waals surface area contributed by atoms with Crippen molar-refractivity contribution < 1.29 is 0 Å². The number of rotatable bonds is 0. The zero-order valence-electron chi connectivity index (χ0n) is 6.80. The maximum atomic E-state index is 3.91. The third-order valence-electron chi connectivity index (χ3n) is 1.61. The Morgan fingerprint density at radius 2 is 2.27 bits per heavy atom. The van der Waals surface area contributed by atoms with Gasteiger partial charge >= 0.3 is 0 Å². The van der Waals surface area contributed by atoms with Crippen molar-refractivity contribution in [1.82, 2.24) is 5.32 Å². The number of nitrogens with one attached hydrogen (secondary N) is 1. The van der Waals surface area contributed by atoms with Gasteiger partial charge in [-0.05, 0) is 18.1 Å². The molecule has 0 aromatic rings. The predicted octanol–water partition coefficient (Wildman–Crippen LogP) is 2.16. The van der Waals surface area contributed by atoms with Crippen LogP contribution in [0.4, 0.5) is 0 Å². The summed E-state index contributed by atoms with van der Waals surface area (Å²) in [5, 5.41) is 3.16.